The standard InChI is InChI=1S/C15H20N2O2/c1-17(2)14(15-7-4-8-19-15)11-16-10-12-5-3-6-13(18)9-12/h3-9,14,16,18H,10-11H2,1-2H3. The SMILES string of the molecule is CN(C)C(CNCc1cccc(O)c1)c1ccco1. The summed E-state index contributed by atoms with van der Waals surface area (Å²) in [6, 6.07) is 11.4. The first-order valence-electron chi connectivity index (χ1n) is 6.35. The fourth-order valence-corrected chi connectivity index (χ4v) is 2.04. The van der Waals surface area contributed by atoms with Gasteiger partial charge in [-0.1, -0.05) is 12.1 Å². The topological polar surface area (TPSA) is 48.6 Å². The molecule has 0 saturated heterocycles. The molecule has 2 rings (SSSR count). The van der Waals surface area contributed by atoms with E-state index in [4.69, 9.17) is 4.42 Å². The minimum absolute atomic E-state index is 0.201. The van der Waals surface area contributed by atoms with E-state index in [1.54, 1.807) is 18.4 Å². The minimum atomic E-state index is 0.201. The molecule has 0 aliphatic carbocycles. The number of rotatable bonds is 6. The predicted molar refractivity (Wildman–Crippen MR) is 74.9 cm³/mol. The molecule has 1 heterocycles. The van der Waals surface area contributed by atoms with Crippen molar-refractivity contribution >= 4 is 0 Å². The first-order valence-corrected chi connectivity index (χ1v) is 6.35. The molecular formula is C15H20N2O2. The highest BCUT2D eigenvalue weighted by atomic mass is 16.3. The molecule has 0 amide bonds. The van der Waals surface area contributed by atoms with E-state index < -0.39 is 0 Å². The lowest BCUT2D eigenvalue weighted by Gasteiger charge is -2.22. The molecule has 19 heavy (non-hydrogen) atoms. The molecule has 0 bridgehead atoms. The van der Waals surface area contributed by atoms with Gasteiger partial charge in [0.1, 0.15) is 11.5 Å². The molecule has 0 aliphatic heterocycles. The molecule has 4 nitrogen and oxygen atoms in total. The third-order valence-electron chi connectivity index (χ3n) is 3.07. The van der Waals surface area contributed by atoms with Crippen molar-refractivity contribution < 1.29 is 9.52 Å². The Morgan fingerprint density at radius 3 is 2.74 bits per heavy atom. The molecule has 0 spiro atoms. The van der Waals surface area contributed by atoms with Gasteiger partial charge >= 0.3 is 0 Å². The lowest BCUT2D eigenvalue weighted by Crippen LogP contribution is -2.30. The fraction of sp³-hybridized carbons (Fsp3) is 0.333. The van der Waals surface area contributed by atoms with Crippen molar-refractivity contribution in [3.63, 3.8) is 0 Å². The largest absolute Gasteiger partial charge is 0.508 e. The Morgan fingerprint density at radius 2 is 2.11 bits per heavy atom. The van der Waals surface area contributed by atoms with Crippen molar-refractivity contribution in [2.24, 2.45) is 0 Å². The number of nitrogens with one attached hydrogen (secondary N) is 1. The highest BCUT2D eigenvalue weighted by Crippen LogP contribution is 2.18. The van der Waals surface area contributed by atoms with Gasteiger partial charge in [0.05, 0.1) is 12.3 Å². The summed E-state index contributed by atoms with van der Waals surface area (Å²) in [6.45, 7) is 1.51. The lowest BCUT2D eigenvalue weighted by molar-refractivity contribution is 0.250. The number of hydrogen-bond acceptors (Lipinski definition) is 4. The molecule has 2 N–H and O–H groups in total. The fourth-order valence-electron chi connectivity index (χ4n) is 2.04. The van der Waals surface area contributed by atoms with Gasteiger partial charge in [-0.05, 0) is 43.9 Å². The van der Waals surface area contributed by atoms with Gasteiger partial charge in [0, 0.05) is 13.1 Å². The van der Waals surface area contributed by atoms with Crippen LogP contribution in [0.1, 0.15) is 17.4 Å². The Kier molecular flexibility index (Phi) is 4.60. The Hall–Kier alpha value is -1.78. The predicted octanol–water partition coefficient (Wildman–Crippen LogP) is 2.38. The van der Waals surface area contributed by atoms with E-state index in [2.05, 4.69) is 10.2 Å². The zero-order valence-electron chi connectivity index (χ0n) is 11.3. The number of benzene rings is 1. The van der Waals surface area contributed by atoms with Crippen LogP contribution in [0.4, 0.5) is 0 Å². The maximum atomic E-state index is 9.41. The van der Waals surface area contributed by atoms with Crippen molar-refractivity contribution in [1.29, 1.82) is 0 Å². The summed E-state index contributed by atoms with van der Waals surface area (Å²) < 4.78 is 5.46. The van der Waals surface area contributed by atoms with Gasteiger partial charge in [-0.3, -0.25) is 4.90 Å². The van der Waals surface area contributed by atoms with Crippen LogP contribution >= 0.6 is 0 Å². The molecule has 2 aromatic rings. The molecule has 4 heteroatoms. The second-order valence-corrected chi connectivity index (χ2v) is 4.80. The van der Waals surface area contributed by atoms with Crippen molar-refractivity contribution in [3.8, 4) is 5.75 Å². The second kappa shape index (κ2) is 6.41. The number of phenols is 1. The van der Waals surface area contributed by atoms with Gasteiger partial charge in [-0.2, -0.15) is 0 Å². The van der Waals surface area contributed by atoms with Crippen LogP contribution in [0.25, 0.3) is 0 Å². The van der Waals surface area contributed by atoms with Gasteiger partial charge in [-0.25, -0.2) is 0 Å². The summed E-state index contributed by atoms with van der Waals surface area (Å²) in [5, 5.41) is 12.8. The van der Waals surface area contributed by atoms with E-state index in [0.29, 0.717) is 5.75 Å². The molecule has 0 radical (unpaired) electrons. The van der Waals surface area contributed by atoms with Gasteiger partial charge in [0.25, 0.3) is 0 Å². The lowest BCUT2D eigenvalue weighted by atomic mass is 10.2. The summed E-state index contributed by atoms with van der Waals surface area (Å²) in [6.07, 6.45) is 1.70. The Balaban J connectivity index is 1.90. The van der Waals surface area contributed by atoms with E-state index >= 15 is 0 Å². The molecule has 1 aromatic carbocycles. The van der Waals surface area contributed by atoms with Crippen molar-refractivity contribution in [2.75, 3.05) is 20.6 Å². The van der Waals surface area contributed by atoms with Gasteiger partial charge in [0.2, 0.25) is 0 Å². The van der Waals surface area contributed by atoms with Crippen LogP contribution in [0.3, 0.4) is 0 Å². The maximum Gasteiger partial charge on any atom is 0.122 e. The van der Waals surface area contributed by atoms with Crippen molar-refractivity contribution in [1.82, 2.24) is 10.2 Å². The molecular weight excluding hydrogens is 240 g/mol. The van der Waals surface area contributed by atoms with Crippen LogP contribution in [0, 0.1) is 0 Å². The summed E-state index contributed by atoms with van der Waals surface area (Å²) in [7, 11) is 4.06. The molecule has 0 saturated carbocycles. The quantitative estimate of drug-likeness (QED) is 0.837. The smallest absolute Gasteiger partial charge is 0.122 e. The van der Waals surface area contributed by atoms with Gasteiger partial charge < -0.3 is 14.8 Å². The Bertz CT molecular complexity index is 495. The molecule has 1 atom stereocenters. The highest BCUT2D eigenvalue weighted by Gasteiger charge is 2.16. The van der Waals surface area contributed by atoms with Crippen LogP contribution in [0.15, 0.2) is 47.1 Å². The van der Waals surface area contributed by atoms with Crippen molar-refractivity contribution in [2.45, 2.75) is 12.6 Å². The minimum Gasteiger partial charge on any atom is -0.508 e. The number of hydrogen-bond donors (Lipinski definition) is 2. The first kappa shape index (κ1) is 13.6. The number of nitrogens with zero attached hydrogens (tertiary/aromatic N) is 1. The molecule has 1 unspecified atom stereocenters. The normalized spacial score (nSPS) is 12.8. The Labute approximate surface area is 113 Å². The highest BCUT2D eigenvalue weighted by molar-refractivity contribution is 5.26. The number of furan rings is 1. The zero-order valence-corrected chi connectivity index (χ0v) is 11.3. The molecule has 0 fully saturated rings. The first-order chi connectivity index (χ1) is 9.16. The van der Waals surface area contributed by atoms with Crippen molar-refractivity contribution in [3.05, 3.63) is 54.0 Å². The summed E-state index contributed by atoms with van der Waals surface area (Å²) in [5.74, 6) is 1.25. The molecule has 1 aromatic heterocycles. The van der Waals surface area contributed by atoms with E-state index in [0.717, 1.165) is 24.4 Å². The number of phenolic OH excluding ortho intramolecular Hbond substituents is 1. The summed E-state index contributed by atoms with van der Waals surface area (Å²) in [5.41, 5.74) is 1.07. The average molecular weight is 260 g/mol. The third kappa shape index (κ3) is 3.84. The van der Waals surface area contributed by atoms with Crippen LogP contribution in [-0.4, -0.2) is 30.6 Å². The van der Waals surface area contributed by atoms with E-state index in [9.17, 15) is 5.11 Å². The van der Waals surface area contributed by atoms with Crippen LogP contribution in [-0.2, 0) is 6.54 Å². The third-order valence-corrected chi connectivity index (χ3v) is 3.07. The van der Waals surface area contributed by atoms with E-state index in [1.807, 2.05) is 38.4 Å². The number of aromatic hydroxyl groups is 1. The average Bonchev–Trinajstić information content (AvgIpc) is 2.88. The molecule has 0 aliphatic rings. The van der Waals surface area contributed by atoms with E-state index in [1.165, 1.54) is 0 Å². The maximum absolute atomic E-state index is 9.41. The zero-order chi connectivity index (χ0) is 13.7. The van der Waals surface area contributed by atoms with Crippen LogP contribution in [0.2, 0.25) is 0 Å². The van der Waals surface area contributed by atoms with E-state index in [-0.39, 0.29) is 6.04 Å². The monoisotopic (exact) mass is 260 g/mol. The van der Waals surface area contributed by atoms with Crippen LogP contribution in [0.5, 0.6) is 5.75 Å². The second-order valence-electron chi connectivity index (χ2n) is 4.80. The van der Waals surface area contributed by atoms with Crippen LogP contribution < -0.4 is 5.32 Å². The number of likely N-dealkylation sites (N-methyl/N-ethyl adjacent to an activating group) is 1. The van der Waals surface area contributed by atoms with Gasteiger partial charge in [0.15, 0.2) is 0 Å². The van der Waals surface area contributed by atoms with Gasteiger partial charge in [-0.15, -0.1) is 0 Å². The Morgan fingerprint density at radius 1 is 1.26 bits per heavy atom. The summed E-state index contributed by atoms with van der Waals surface area (Å²) in [4.78, 5) is 2.12. The molecule has 102 valence electrons. The summed E-state index contributed by atoms with van der Waals surface area (Å²) >= 11 is 0.